The standard InChI is InChI=1S/C18H28N2O2S/c1-4-20(14(2)3)11-15-5-7-16(8-6-15)17(21)19-12-18(22)9-10-23-13-18/h5-8,14,22H,4,9-13H2,1-3H3,(H,19,21). The molecular weight excluding hydrogens is 308 g/mol. The highest BCUT2D eigenvalue weighted by atomic mass is 32.2. The zero-order chi connectivity index (χ0) is 16.9. The molecule has 1 aromatic rings. The van der Waals surface area contributed by atoms with E-state index in [1.807, 2.05) is 24.3 Å². The fourth-order valence-electron chi connectivity index (χ4n) is 2.74. The van der Waals surface area contributed by atoms with Gasteiger partial charge in [0.05, 0.1) is 5.60 Å². The number of nitrogens with one attached hydrogen (secondary N) is 1. The van der Waals surface area contributed by atoms with Gasteiger partial charge in [-0.15, -0.1) is 0 Å². The van der Waals surface area contributed by atoms with Crippen molar-refractivity contribution in [2.45, 2.75) is 45.4 Å². The minimum atomic E-state index is -0.737. The molecule has 2 N–H and O–H groups in total. The van der Waals surface area contributed by atoms with Gasteiger partial charge >= 0.3 is 0 Å². The zero-order valence-corrected chi connectivity index (χ0v) is 15.2. The molecule has 0 aliphatic carbocycles. The molecule has 0 aromatic heterocycles. The molecule has 23 heavy (non-hydrogen) atoms. The summed E-state index contributed by atoms with van der Waals surface area (Å²) < 4.78 is 0. The summed E-state index contributed by atoms with van der Waals surface area (Å²) in [4.78, 5) is 14.6. The van der Waals surface area contributed by atoms with Crippen LogP contribution in [0.4, 0.5) is 0 Å². The Morgan fingerprint density at radius 2 is 2.09 bits per heavy atom. The van der Waals surface area contributed by atoms with Gasteiger partial charge in [0.15, 0.2) is 0 Å². The summed E-state index contributed by atoms with van der Waals surface area (Å²) in [6.45, 7) is 8.78. The molecule has 2 rings (SSSR count). The topological polar surface area (TPSA) is 52.6 Å². The molecule has 0 bridgehead atoms. The summed E-state index contributed by atoms with van der Waals surface area (Å²) >= 11 is 1.73. The van der Waals surface area contributed by atoms with Gasteiger partial charge in [-0.3, -0.25) is 9.69 Å². The molecule has 1 heterocycles. The number of nitrogens with zero attached hydrogens (tertiary/aromatic N) is 1. The fourth-order valence-corrected chi connectivity index (χ4v) is 4.03. The lowest BCUT2D eigenvalue weighted by Crippen LogP contribution is -2.42. The molecule has 1 unspecified atom stereocenters. The van der Waals surface area contributed by atoms with Crippen molar-refractivity contribution >= 4 is 17.7 Å². The van der Waals surface area contributed by atoms with Crippen molar-refractivity contribution in [2.24, 2.45) is 0 Å². The first-order valence-corrected chi connectivity index (χ1v) is 9.50. The predicted molar refractivity (Wildman–Crippen MR) is 96.9 cm³/mol. The summed E-state index contributed by atoms with van der Waals surface area (Å²) in [6, 6.07) is 8.27. The summed E-state index contributed by atoms with van der Waals surface area (Å²) in [5.41, 5.74) is 1.12. The minimum Gasteiger partial charge on any atom is -0.387 e. The second-order valence-corrected chi connectivity index (χ2v) is 7.67. The van der Waals surface area contributed by atoms with E-state index in [1.54, 1.807) is 11.8 Å². The summed E-state index contributed by atoms with van der Waals surface area (Å²) in [5, 5.41) is 13.1. The van der Waals surface area contributed by atoms with Crippen LogP contribution in [-0.4, -0.2) is 52.2 Å². The average molecular weight is 337 g/mol. The number of hydrogen-bond donors (Lipinski definition) is 2. The van der Waals surface area contributed by atoms with E-state index in [2.05, 4.69) is 31.0 Å². The Labute approximate surface area is 143 Å². The molecule has 1 aliphatic rings. The number of aliphatic hydroxyl groups is 1. The number of carbonyl (C=O) groups is 1. The van der Waals surface area contributed by atoms with Gasteiger partial charge < -0.3 is 10.4 Å². The van der Waals surface area contributed by atoms with Crippen LogP contribution in [0.15, 0.2) is 24.3 Å². The quantitative estimate of drug-likeness (QED) is 0.803. The van der Waals surface area contributed by atoms with Crippen LogP contribution in [0.3, 0.4) is 0 Å². The number of rotatable bonds is 7. The van der Waals surface area contributed by atoms with Crippen LogP contribution in [0.1, 0.15) is 43.1 Å². The SMILES string of the molecule is CCN(Cc1ccc(C(=O)NCC2(O)CCSC2)cc1)C(C)C. The van der Waals surface area contributed by atoms with Crippen molar-refractivity contribution in [3.05, 3.63) is 35.4 Å². The lowest BCUT2D eigenvalue weighted by molar-refractivity contribution is 0.0612. The Balaban J connectivity index is 1.89. The van der Waals surface area contributed by atoms with Crippen LogP contribution in [-0.2, 0) is 6.54 Å². The van der Waals surface area contributed by atoms with E-state index in [1.165, 1.54) is 5.56 Å². The molecule has 128 valence electrons. The van der Waals surface area contributed by atoms with Crippen molar-refractivity contribution in [3.63, 3.8) is 0 Å². The van der Waals surface area contributed by atoms with Crippen LogP contribution in [0, 0.1) is 0 Å². The van der Waals surface area contributed by atoms with E-state index >= 15 is 0 Å². The highest BCUT2D eigenvalue weighted by molar-refractivity contribution is 7.99. The van der Waals surface area contributed by atoms with Gasteiger partial charge in [0.25, 0.3) is 5.91 Å². The normalized spacial score (nSPS) is 21.1. The molecule has 1 amide bonds. The maximum Gasteiger partial charge on any atom is 0.251 e. The molecular formula is C18H28N2O2S. The summed E-state index contributed by atoms with van der Waals surface area (Å²) in [5.74, 6) is 1.55. The molecule has 1 aromatic carbocycles. The highest BCUT2D eigenvalue weighted by Crippen LogP contribution is 2.27. The van der Waals surface area contributed by atoms with Gasteiger partial charge in [0.2, 0.25) is 0 Å². The van der Waals surface area contributed by atoms with E-state index in [-0.39, 0.29) is 5.91 Å². The Hall–Kier alpha value is -1.04. The fraction of sp³-hybridized carbons (Fsp3) is 0.611. The van der Waals surface area contributed by atoms with Crippen molar-refractivity contribution in [3.8, 4) is 0 Å². The van der Waals surface area contributed by atoms with Crippen LogP contribution >= 0.6 is 11.8 Å². The van der Waals surface area contributed by atoms with Crippen molar-refractivity contribution in [1.82, 2.24) is 10.2 Å². The number of amides is 1. The first kappa shape index (κ1) is 18.3. The average Bonchev–Trinajstić information content (AvgIpc) is 2.97. The highest BCUT2D eigenvalue weighted by Gasteiger charge is 2.32. The van der Waals surface area contributed by atoms with E-state index in [9.17, 15) is 9.90 Å². The Morgan fingerprint density at radius 3 is 2.61 bits per heavy atom. The molecule has 0 saturated carbocycles. The maximum absolute atomic E-state index is 12.2. The third kappa shape index (κ3) is 5.23. The summed E-state index contributed by atoms with van der Waals surface area (Å²) in [6.07, 6.45) is 0.749. The molecule has 1 aliphatic heterocycles. The molecule has 4 nitrogen and oxygen atoms in total. The largest absolute Gasteiger partial charge is 0.387 e. The van der Waals surface area contributed by atoms with E-state index in [0.717, 1.165) is 25.3 Å². The maximum atomic E-state index is 12.2. The molecule has 5 heteroatoms. The molecule has 1 saturated heterocycles. The van der Waals surface area contributed by atoms with Crippen molar-refractivity contribution in [1.29, 1.82) is 0 Å². The third-order valence-electron chi connectivity index (χ3n) is 4.40. The summed E-state index contributed by atoms with van der Waals surface area (Å²) in [7, 11) is 0. The molecule has 0 radical (unpaired) electrons. The lowest BCUT2D eigenvalue weighted by atomic mass is 10.0. The predicted octanol–water partition coefficient (Wildman–Crippen LogP) is 2.51. The second kappa shape index (κ2) is 8.18. The number of hydrogen-bond acceptors (Lipinski definition) is 4. The van der Waals surface area contributed by atoms with E-state index in [0.29, 0.717) is 23.9 Å². The third-order valence-corrected chi connectivity index (χ3v) is 5.63. The molecule has 1 fully saturated rings. The van der Waals surface area contributed by atoms with Gasteiger partial charge in [-0.05, 0) is 50.3 Å². The first-order valence-electron chi connectivity index (χ1n) is 8.35. The molecule has 1 atom stereocenters. The van der Waals surface area contributed by atoms with Crippen LogP contribution in [0.25, 0.3) is 0 Å². The lowest BCUT2D eigenvalue weighted by Gasteiger charge is -2.24. The van der Waals surface area contributed by atoms with E-state index < -0.39 is 5.60 Å². The van der Waals surface area contributed by atoms with Crippen molar-refractivity contribution < 1.29 is 9.90 Å². The number of carbonyl (C=O) groups excluding carboxylic acids is 1. The Morgan fingerprint density at radius 1 is 1.39 bits per heavy atom. The van der Waals surface area contributed by atoms with Crippen LogP contribution in [0.5, 0.6) is 0 Å². The van der Waals surface area contributed by atoms with Gasteiger partial charge in [-0.2, -0.15) is 11.8 Å². The van der Waals surface area contributed by atoms with Crippen LogP contribution < -0.4 is 5.32 Å². The smallest absolute Gasteiger partial charge is 0.251 e. The Kier molecular flexibility index (Phi) is 6.50. The van der Waals surface area contributed by atoms with Crippen LogP contribution in [0.2, 0.25) is 0 Å². The van der Waals surface area contributed by atoms with Gasteiger partial charge in [-0.25, -0.2) is 0 Å². The number of benzene rings is 1. The number of thioether (sulfide) groups is 1. The first-order chi connectivity index (χ1) is 10.9. The van der Waals surface area contributed by atoms with Gasteiger partial charge in [0.1, 0.15) is 0 Å². The zero-order valence-electron chi connectivity index (χ0n) is 14.3. The molecule has 0 spiro atoms. The minimum absolute atomic E-state index is 0.113. The Bertz CT molecular complexity index is 510. The van der Waals surface area contributed by atoms with Crippen molar-refractivity contribution in [2.75, 3.05) is 24.6 Å². The van der Waals surface area contributed by atoms with Gasteiger partial charge in [0, 0.05) is 30.4 Å². The monoisotopic (exact) mass is 336 g/mol. The second-order valence-electron chi connectivity index (χ2n) is 6.56. The van der Waals surface area contributed by atoms with Gasteiger partial charge in [-0.1, -0.05) is 19.1 Å². The van der Waals surface area contributed by atoms with E-state index in [4.69, 9.17) is 0 Å².